The average Bonchev–Trinajstić information content (AvgIpc) is 2.34. The summed E-state index contributed by atoms with van der Waals surface area (Å²) in [5.74, 6) is -1.28. The van der Waals surface area contributed by atoms with Crippen LogP contribution in [0.25, 0.3) is 6.08 Å². The number of benzene rings is 1. The van der Waals surface area contributed by atoms with E-state index in [2.05, 4.69) is 0 Å². The quantitative estimate of drug-likeness (QED) is 0.370. The van der Waals surface area contributed by atoms with Crippen molar-refractivity contribution in [1.82, 2.24) is 0 Å². The van der Waals surface area contributed by atoms with Gasteiger partial charge in [-0.25, -0.2) is 4.79 Å². The summed E-state index contributed by atoms with van der Waals surface area (Å²) in [5, 5.41) is 27.9. The van der Waals surface area contributed by atoms with E-state index in [1.54, 1.807) is 6.07 Å². The number of nitrogens with zero attached hydrogens (tertiary/aromatic N) is 2. The van der Waals surface area contributed by atoms with Crippen LogP contribution in [0.3, 0.4) is 0 Å². The molecule has 0 amide bonds. The molecule has 0 aliphatic heterocycles. The third kappa shape index (κ3) is 2.76. The molecular formula is C11H6N2O5. The van der Waals surface area contributed by atoms with E-state index in [0.717, 1.165) is 18.2 Å². The average molecular weight is 246 g/mol. The van der Waals surface area contributed by atoms with E-state index in [1.165, 1.54) is 0 Å². The maximum atomic E-state index is 10.8. The van der Waals surface area contributed by atoms with Crippen LogP contribution in [0, 0.1) is 21.4 Å². The molecule has 1 aromatic carbocycles. The summed E-state index contributed by atoms with van der Waals surface area (Å²) < 4.78 is 0. The number of carboxylic acids is 1. The number of carbonyl (C=O) groups excluding carboxylic acids is 1. The molecule has 0 aromatic heterocycles. The first-order valence-corrected chi connectivity index (χ1v) is 4.58. The molecular weight excluding hydrogens is 240 g/mol. The molecule has 1 N–H and O–H groups in total. The number of carbonyl (C=O) groups is 2. The van der Waals surface area contributed by atoms with Gasteiger partial charge in [0, 0.05) is 17.7 Å². The topological polar surface area (TPSA) is 121 Å². The molecule has 0 aliphatic carbocycles. The van der Waals surface area contributed by atoms with Gasteiger partial charge in [0.2, 0.25) is 0 Å². The molecule has 0 radical (unpaired) electrons. The number of nitro benzene ring substituents is 1. The zero-order valence-electron chi connectivity index (χ0n) is 8.86. The molecule has 7 nitrogen and oxygen atoms in total. The molecule has 0 spiro atoms. The molecule has 0 heterocycles. The largest absolute Gasteiger partial charge is 0.478 e. The van der Waals surface area contributed by atoms with Crippen molar-refractivity contribution in [1.29, 1.82) is 5.26 Å². The SMILES string of the molecule is N#Cc1cc([N+](=O)[O-])c(/C=C/C(=O)O)cc1C=O. The fraction of sp³-hybridized carbons (Fsp3) is 0. The summed E-state index contributed by atoms with van der Waals surface area (Å²) in [6.45, 7) is 0. The normalized spacial score (nSPS) is 9.94. The van der Waals surface area contributed by atoms with Gasteiger partial charge in [-0.2, -0.15) is 5.26 Å². The Bertz CT molecular complexity index is 598. The maximum absolute atomic E-state index is 10.8. The Morgan fingerprint density at radius 2 is 2.11 bits per heavy atom. The van der Waals surface area contributed by atoms with Crippen LogP contribution in [0.1, 0.15) is 21.5 Å². The van der Waals surface area contributed by atoms with Crippen LogP contribution in [0.5, 0.6) is 0 Å². The molecule has 18 heavy (non-hydrogen) atoms. The van der Waals surface area contributed by atoms with Crippen LogP contribution in [0.4, 0.5) is 5.69 Å². The van der Waals surface area contributed by atoms with Gasteiger partial charge in [-0.05, 0) is 12.1 Å². The van der Waals surface area contributed by atoms with Gasteiger partial charge in [0.1, 0.15) is 6.07 Å². The van der Waals surface area contributed by atoms with Crippen molar-refractivity contribution in [2.45, 2.75) is 0 Å². The predicted octanol–water partition coefficient (Wildman–Crippen LogP) is 1.38. The van der Waals surface area contributed by atoms with E-state index in [4.69, 9.17) is 10.4 Å². The molecule has 0 fully saturated rings. The number of nitriles is 1. The van der Waals surface area contributed by atoms with Gasteiger partial charge in [0.15, 0.2) is 6.29 Å². The van der Waals surface area contributed by atoms with Crippen molar-refractivity contribution < 1.29 is 19.6 Å². The second-order valence-corrected chi connectivity index (χ2v) is 3.16. The number of hydrogen-bond acceptors (Lipinski definition) is 5. The lowest BCUT2D eigenvalue weighted by Gasteiger charge is -2.00. The van der Waals surface area contributed by atoms with Gasteiger partial charge < -0.3 is 5.11 Å². The molecule has 1 aromatic rings. The van der Waals surface area contributed by atoms with E-state index in [-0.39, 0.29) is 16.7 Å². The molecule has 7 heteroatoms. The molecule has 0 unspecified atom stereocenters. The smallest absolute Gasteiger partial charge is 0.328 e. The Morgan fingerprint density at radius 3 is 2.56 bits per heavy atom. The Labute approximate surface area is 101 Å². The first kappa shape index (κ1) is 13.1. The van der Waals surface area contributed by atoms with Gasteiger partial charge in [0.05, 0.1) is 16.1 Å². The van der Waals surface area contributed by atoms with E-state index < -0.39 is 16.6 Å². The van der Waals surface area contributed by atoms with Crippen LogP contribution < -0.4 is 0 Å². The van der Waals surface area contributed by atoms with Gasteiger partial charge in [0.25, 0.3) is 5.69 Å². The van der Waals surface area contributed by atoms with E-state index in [1.807, 2.05) is 0 Å². The van der Waals surface area contributed by atoms with Gasteiger partial charge in [-0.15, -0.1) is 0 Å². The van der Waals surface area contributed by atoms with Crippen LogP contribution >= 0.6 is 0 Å². The minimum atomic E-state index is -1.28. The molecule has 90 valence electrons. The van der Waals surface area contributed by atoms with Crippen LogP contribution in [0.15, 0.2) is 18.2 Å². The molecule has 0 saturated heterocycles. The van der Waals surface area contributed by atoms with Crippen molar-refractivity contribution in [3.05, 3.63) is 45.0 Å². The summed E-state index contributed by atoms with van der Waals surface area (Å²) in [5.41, 5.74) is -0.657. The number of rotatable bonds is 4. The summed E-state index contributed by atoms with van der Waals surface area (Å²) in [7, 11) is 0. The first-order chi connectivity index (χ1) is 8.49. The number of aldehydes is 1. The highest BCUT2D eigenvalue weighted by atomic mass is 16.6. The lowest BCUT2D eigenvalue weighted by atomic mass is 10.0. The summed E-state index contributed by atoms with van der Waals surface area (Å²) in [6, 6.07) is 3.69. The molecule has 0 saturated carbocycles. The number of aliphatic carboxylic acids is 1. The highest BCUT2D eigenvalue weighted by Gasteiger charge is 2.16. The van der Waals surface area contributed by atoms with Crippen LogP contribution in [-0.4, -0.2) is 22.3 Å². The number of carboxylic acid groups (broad SMARTS) is 1. The van der Waals surface area contributed by atoms with E-state index >= 15 is 0 Å². The van der Waals surface area contributed by atoms with Gasteiger partial charge in [-0.3, -0.25) is 14.9 Å². The Kier molecular flexibility index (Phi) is 3.89. The predicted molar refractivity (Wildman–Crippen MR) is 59.9 cm³/mol. The van der Waals surface area contributed by atoms with Crippen LogP contribution in [0.2, 0.25) is 0 Å². The minimum Gasteiger partial charge on any atom is -0.478 e. The minimum absolute atomic E-state index is 0.0341. The van der Waals surface area contributed by atoms with Crippen LogP contribution in [-0.2, 0) is 4.79 Å². The molecule has 0 bridgehead atoms. The molecule has 1 rings (SSSR count). The first-order valence-electron chi connectivity index (χ1n) is 4.58. The van der Waals surface area contributed by atoms with E-state index in [9.17, 15) is 19.7 Å². The summed E-state index contributed by atoms with van der Waals surface area (Å²) in [4.78, 5) is 31.1. The lowest BCUT2D eigenvalue weighted by Crippen LogP contribution is -1.97. The zero-order valence-corrected chi connectivity index (χ0v) is 8.86. The Hall–Kier alpha value is -3.01. The lowest BCUT2D eigenvalue weighted by molar-refractivity contribution is -0.385. The third-order valence-corrected chi connectivity index (χ3v) is 2.05. The highest BCUT2D eigenvalue weighted by molar-refractivity contribution is 5.88. The standard InChI is InChI=1S/C11H6N2O5/c12-5-8-4-10(13(17)18)7(1-2-11(15)16)3-9(8)6-14/h1-4,6H,(H,15,16)/b2-1+. The second kappa shape index (κ2) is 5.36. The Balaban J connectivity index is 3.48. The second-order valence-electron chi connectivity index (χ2n) is 3.16. The van der Waals surface area contributed by atoms with Crippen molar-refractivity contribution in [3.8, 4) is 6.07 Å². The van der Waals surface area contributed by atoms with E-state index in [0.29, 0.717) is 12.4 Å². The number of nitro groups is 1. The van der Waals surface area contributed by atoms with Gasteiger partial charge in [-0.1, -0.05) is 0 Å². The fourth-order valence-electron chi connectivity index (χ4n) is 1.27. The maximum Gasteiger partial charge on any atom is 0.328 e. The summed E-state index contributed by atoms with van der Waals surface area (Å²) in [6.07, 6.45) is 2.08. The zero-order chi connectivity index (χ0) is 13.7. The Morgan fingerprint density at radius 1 is 1.44 bits per heavy atom. The number of hydrogen-bond donors (Lipinski definition) is 1. The van der Waals surface area contributed by atoms with Crippen molar-refractivity contribution >= 4 is 24.0 Å². The van der Waals surface area contributed by atoms with Crippen molar-refractivity contribution in [2.75, 3.05) is 0 Å². The van der Waals surface area contributed by atoms with Gasteiger partial charge >= 0.3 is 5.97 Å². The van der Waals surface area contributed by atoms with Crippen molar-refractivity contribution in [3.63, 3.8) is 0 Å². The third-order valence-electron chi connectivity index (χ3n) is 2.05. The highest BCUT2D eigenvalue weighted by Crippen LogP contribution is 2.24. The van der Waals surface area contributed by atoms with Crippen molar-refractivity contribution in [2.24, 2.45) is 0 Å². The molecule has 0 atom stereocenters. The fourth-order valence-corrected chi connectivity index (χ4v) is 1.27. The summed E-state index contributed by atoms with van der Waals surface area (Å²) >= 11 is 0. The molecule has 0 aliphatic rings. The monoisotopic (exact) mass is 246 g/mol.